The number of ketones is 1. The fraction of sp³-hybridized carbons (Fsp3) is 0.500. The van der Waals surface area contributed by atoms with Gasteiger partial charge in [-0.2, -0.15) is 5.26 Å². The van der Waals surface area contributed by atoms with Crippen LogP contribution in [0, 0.1) is 11.3 Å². The first-order chi connectivity index (χ1) is 10.6. The van der Waals surface area contributed by atoms with Gasteiger partial charge in [-0.1, -0.05) is 6.07 Å². The zero-order valence-electron chi connectivity index (χ0n) is 12.4. The summed E-state index contributed by atoms with van der Waals surface area (Å²) in [6.07, 6.45) is 5.72. The number of amides is 1. The van der Waals surface area contributed by atoms with Crippen LogP contribution in [-0.4, -0.2) is 40.2 Å². The van der Waals surface area contributed by atoms with E-state index in [1.165, 1.54) is 4.90 Å². The third kappa shape index (κ3) is 4.12. The van der Waals surface area contributed by atoms with Gasteiger partial charge < -0.3 is 10.6 Å². The van der Waals surface area contributed by atoms with Crippen LogP contribution in [0.2, 0.25) is 0 Å². The normalized spacial score (nSPS) is 18.7. The van der Waals surface area contributed by atoms with Gasteiger partial charge in [-0.05, 0) is 30.9 Å². The monoisotopic (exact) mass is 300 g/mol. The second kappa shape index (κ2) is 7.66. The van der Waals surface area contributed by atoms with E-state index in [2.05, 4.69) is 11.1 Å². The number of carbonyl (C=O) groups excluding carboxylic acids is 2. The molecule has 6 heteroatoms. The molecule has 0 saturated carbocycles. The lowest BCUT2D eigenvalue weighted by Crippen LogP contribution is -2.45. The van der Waals surface area contributed by atoms with E-state index in [1.807, 2.05) is 6.07 Å². The van der Waals surface area contributed by atoms with Crippen LogP contribution in [0.25, 0.3) is 0 Å². The minimum atomic E-state index is -0.716. The Labute approximate surface area is 129 Å². The number of pyridine rings is 1. The van der Waals surface area contributed by atoms with Gasteiger partial charge in [0.1, 0.15) is 11.8 Å². The maximum Gasteiger partial charge on any atom is 0.240 e. The molecule has 1 saturated heterocycles. The molecule has 116 valence electrons. The number of rotatable bonds is 6. The highest BCUT2D eigenvalue weighted by molar-refractivity contribution is 5.85. The number of likely N-dealkylation sites (tertiary alicyclic amines) is 1. The average Bonchev–Trinajstić information content (AvgIpc) is 3.01. The summed E-state index contributed by atoms with van der Waals surface area (Å²) in [7, 11) is 0. The molecule has 0 spiro atoms. The number of carbonyl (C=O) groups is 2. The van der Waals surface area contributed by atoms with Gasteiger partial charge in [-0.15, -0.1) is 0 Å². The molecule has 2 heterocycles. The lowest BCUT2D eigenvalue weighted by atomic mass is 10.0. The molecular weight excluding hydrogens is 280 g/mol. The third-order valence-corrected chi connectivity index (χ3v) is 3.86. The Morgan fingerprint density at radius 1 is 1.55 bits per heavy atom. The van der Waals surface area contributed by atoms with Crippen molar-refractivity contribution >= 4 is 11.7 Å². The number of nitrogens with two attached hydrogens (primary N) is 1. The highest BCUT2D eigenvalue weighted by Gasteiger charge is 2.31. The second-order valence-corrected chi connectivity index (χ2v) is 5.54. The van der Waals surface area contributed by atoms with Crippen LogP contribution in [0.1, 0.15) is 31.2 Å². The standard InChI is InChI=1S/C16H20N4O2/c17-10-13-4-2-8-20(13)16(22)15(18)6-5-14(21)9-12-3-1-7-19-11-12/h1,3,7,11,13,15H,2,4-6,8-9,18H2/t13-,15?/m0/s1. The van der Waals surface area contributed by atoms with E-state index in [9.17, 15) is 9.59 Å². The summed E-state index contributed by atoms with van der Waals surface area (Å²) in [4.78, 5) is 29.6. The Hall–Kier alpha value is -2.26. The second-order valence-electron chi connectivity index (χ2n) is 5.54. The van der Waals surface area contributed by atoms with Crippen LogP contribution in [0.3, 0.4) is 0 Å². The topological polar surface area (TPSA) is 100 Å². The van der Waals surface area contributed by atoms with Gasteiger partial charge in [0.15, 0.2) is 0 Å². The van der Waals surface area contributed by atoms with Gasteiger partial charge in [0.25, 0.3) is 0 Å². The van der Waals surface area contributed by atoms with E-state index in [0.717, 1.165) is 12.0 Å². The highest BCUT2D eigenvalue weighted by atomic mass is 16.2. The first-order valence-electron chi connectivity index (χ1n) is 7.48. The number of nitriles is 1. The molecule has 1 aliphatic heterocycles. The number of nitrogens with zero attached hydrogens (tertiary/aromatic N) is 3. The molecule has 2 N–H and O–H groups in total. The third-order valence-electron chi connectivity index (χ3n) is 3.86. The molecule has 22 heavy (non-hydrogen) atoms. The molecule has 0 bridgehead atoms. The molecule has 2 rings (SSSR count). The lowest BCUT2D eigenvalue weighted by Gasteiger charge is -2.23. The van der Waals surface area contributed by atoms with Gasteiger partial charge >= 0.3 is 0 Å². The molecule has 6 nitrogen and oxygen atoms in total. The van der Waals surface area contributed by atoms with Crippen molar-refractivity contribution in [2.45, 2.75) is 44.2 Å². The van der Waals surface area contributed by atoms with Gasteiger partial charge in [0, 0.05) is 31.8 Å². The van der Waals surface area contributed by atoms with Crippen molar-refractivity contribution in [3.05, 3.63) is 30.1 Å². The summed E-state index contributed by atoms with van der Waals surface area (Å²) < 4.78 is 0. The van der Waals surface area contributed by atoms with Crippen molar-refractivity contribution in [1.82, 2.24) is 9.88 Å². The highest BCUT2D eigenvalue weighted by Crippen LogP contribution is 2.18. The van der Waals surface area contributed by atoms with Crippen LogP contribution in [0.4, 0.5) is 0 Å². The summed E-state index contributed by atoms with van der Waals surface area (Å²) in [5.74, 6) is -0.187. The van der Waals surface area contributed by atoms with Crippen molar-refractivity contribution in [2.24, 2.45) is 5.73 Å². The summed E-state index contributed by atoms with van der Waals surface area (Å²) >= 11 is 0. The summed E-state index contributed by atoms with van der Waals surface area (Å²) in [6.45, 7) is 0.578. The van der Waals surface area contributed by atoms with Crippen molar-refractivity contribution in [3.63, 3.8) is 0 Å². The smallest absolute Gasteiger partial charge is 0.240 e. The van der Waals surface area contributed by atoms with Gasteiger partial charge in [-0.3, -0.25) is 14.6 Å². The number of hydrogen-bond acceptors (Lipinski definition) is 5. The van der Waals surface area contributed by atoms with Crippen molar-refractivity contribution in [2.75, 3.05) is 6.54 Å². The van der Waals surface area contributed by atoms with E-state index >= 15 is 0 Å². The Bertz CT molecular complexity index is 567. The van der Waals surface area contributed by atoms with Gasteiger partial charge in [0.2, 0.25) is 5.91 Å². The fourth-order valence-corrected chi connectivity index (χ4v) is 2.64. The Morgan fingerprint density at radius 2 is 2.36 bits per heavy atom. The average molecular weight is 300 g/mol. The number of aromatic nitrogens is 1. The maximum absolute atomic E-state index is 12.2. The first-order valence-corrected chi connectivity index (χ1v) is 7.48. The Balaban J connectivity index is 1.79. The molecule has 0 aromatic carbocycles. The molecule has 1 aliphatic rings. The predicted molar refractivity (Wildman–Crippen MR) is 80.5 cm³/mol. The summed E-state index contributed by atoms with van der Waals surface area (Å²) in [5.41, 5.74) is 6.75. The predicted octanol–water partition coefficient (Wildman–Crippen LogP) is 0.815. The van der Waals surface area contributed by atoms with Crippen molar-refractivity contribution in [1.29, 1.82) is 5.26 Å². The minimum absolute atomic E-state index is 0.0366. The van der Waals surface area contributed by atoms with E-state index < -0.39 is 6.04 Å². The zero-order chi connectivity index (χ0) is 15.9. The van der Waals surface area contributed by atoms with Crippen LogP contribution in [0.15, 0.2) is 24.5 Å². The number of hydrogen-bond donors (Lipinski definition) is 1. The van der Waals surface area contributed by atoms with Crippen molar-refractivity contribution < 1.29 is 9.59 Å². The van der Waals surface area contributed by atoms with Crippen LogP contribution < -0.4 is 5.73 Å². The van der Waals surface area contributed by atoms with E-state index in [1.54, 1.807) is 18.5 Å². The Morgan fingerprint density at radius 3 is 3.05 bits per heavy atom. The van der Waals surface area contributed by atoms with Gasteiger partial charge in [-0.25, -0.2) is 0 Å². The van der Waals surface area contributed by atoms with Crippen LogP contribution in [-0.2, 0) is 16.0 Å². The molecule has 1 aromatic rings. The SMILES string of the molecule is N#C[C@@H]1CCCN1C(=O)C(N)CCC(=O)Cc1cccnc1. The molecule has 1 amide bonds. The minimum Gasteiger partial charge on any atom is -0.325 e. The van der Waals surface area contributed by atoms with Crippen LogP contribution >= 0.6 is 0 Å². The van der Waals surface area contributed by atoms with E-state index in [4.69, 9.17) is 11.0 Å². The molecule has 0 radical (unpaired) electrons. The fourth-order valence-electron chi connectivity index (χ4n) is 2.64. The largest absolute Gasteiger partial charge is 0.325 e. The number of Topliss-reactive ketones (excluding diaryl/α,β-unsaturated/α-hetero) is 1. The summed E-state index contributed by atoms with van der Waals surface area (Å²) in [6, 6.07) is 4.67. The zero-order valence-corrected chi connectivity index (χ0v) is 12.4. The van der Waals surface area contributed by atoms with E-state index in [-0.39, 0.29) is 24.2 Å². The molecular formula is C16H20N4O2. The maximum atomic E-state index is 12.2. The van der Waals surface area contributed by atoms with Crippen molar-refractivity contribution in [3.8, 4) is 6.07 Å². The quantitative estimate of drug-likeness (QED) is 0.838. The molecule has 0 aliphatic carbocycles. The molecule has 1 aromatic heterocycles. The van der Waals surface area contributed by atoms with Crippen LogP contribution in [0.5, 0.6) is 0 Å². The molecule has 1 unspecified atom stereocenters. The van der Waals surface area contributed by atoms with E-state index in [0.29, 0.717) is 25.8 Å². The Kier molecular flexibility index (Phi) is 5.61. The molecule has 1 fully saturated rings. The summed E-state index contributed by atoms with van der Waals surface area (Å²) in [5, 5.41) is 9.00. The van der Waals surface area contributed by atoms with Gasteiger partial charge in [0.05, 0.1) is 12.1 Å². The first kappa shape index (κ1) is 16.1. The molecule has 2 atom stereocenters. The lowest BCUT2D eigenvalue weighted by molar-refractivity contribution is -0.132.